The van der Waals surface area contributed by atoms with Gasteiger partial charge in [-0.1, -0.05) is 6.42 Å². The van der Waals surface area contributed by atoms with Crippen molar-refractivity contribution in [2.45, 2.75) is 52.0 Å². The molecule has 1 N–H and O–H groups in total. The predicted octanol–water partition coefficient (Wildman–Crippen LogP) is 3.25. The minimum Gasteiger partial charge on any atom is -0.344 e. The van der Waals surface area contributed by atoms with Crippen molar-refractivity contribution in [3.8, 4) is 0 Å². The second-order valence-corrected chi connectivity index (χ2v) is 7.48. The highest BCUT2D eigenvalue weighted by molar-refractivity contribution is 7.14. The lowest BCUT2D eigenvalue weighted by Crippen LogP contribution is -2.35. The Hall–Kier alpha value is -1.62. The van der Waals surface area contributed by atoms with Gasteiger partial charge in [-0.05, 0) is 44.2 Å². The van der Waals surface area contributed by atoms with Crippen LogP contribution in [-0.2, 0) is 25.8 Å². The molecule has 0 saturated heterocycles. The standard InChI is InChI=1S/C17H21N3OS/c1-11-18-13-7-8-20(10-14(13)19-11)17(21)16-9-12-5-3-2-4-6-15(12)22-16/h9H,2-8,10H2,1H3,(H,18,19). The molecule has 4 rings (SSSR count). The van der Waals surface area contributed by atoms with E-state index < -0.39 is 0 Å². The van der Waals surface area contributed by atoms with Crippen LogP contribution in [0.4, 0.5) is 0 Å². The first kappa shape index (κ1) is 14.0. The SMILES string of the molecule is Cc1nc2c([nH]1)CN(C(=O)c1cc3c(s1)CCCCC3)CC2. The molecule has 0 radical (unpaired) electrons. The van der Waals surface area contributed by atoms with Crippen molar-refractivity contribution in [1.82, 2.24) is 14.9 Å². The quantitative estimate of drug-likeness (QED) is 0.821. The summed E-state index contributed by atoms with van der Waals surface area (Å²) in [5.74, 6) is 1.14. The molecule has 0 fully saturated rings. The van der Waals surface area contributed by atoms with Crippen molar-refractivity contribution >= 4 is 17.2 Å². The fraction of sp³-hybridized carbons (Fsp3) is 0.529. The van der Waals surface area contributed by atoms with Crippen molar-refractivity contribution in [1.29, 1.82) is 0 Å². The number of amides is 1. The summed E-state index contributed by atoms with van der Waals surface area (Å²) >= 11 is 1.72. The zero-order chi connectivity index (χ0) is 15.1. The second-order valence-electron chi connectivity index (χ2n) is 6.34. The molecule has 0 unspecified atom stereocenters. The van der Waals surface area contributed by atoms with Crippen LogP contribution in [0.5, 0.6) is 0 Å². The van der Waals surface area contributed by atoms with Crippen molar-refractivity contribution in [3.63, 3.8) is 0 Å². The maximum absolute atomic E-state index is 12.8. The summed E-state index contributed by atoms with van der Waals surface area (Å²) in [6.45, 7) is 3.41. The molecule has 2 aliphatic rings. The van der Waals surface area contributed by atoms with E-state index in [0.29, 0.717) is 6.54 Å². The third-order valence-electron chi connectivity index (χ3n) is 4.69. The Bertz CT molecular complexity index is 692. The first-order valence-electron chi connectivity index (χ1n) is 8.16. The van der Waals surface area contributed by atoms with E-state index in [1.807, 2.05) is 11.8 Å². The van der Waals surface area contributed by atoms with E-state index in [1.54, 1.807) is 11.3 Å². The summed E-state index contributed by atoms with van der Waals surface area (Å²) in [4.78, 5) is 24.9. The molecule has 0 saturated carbocycles. The number of rotatable bonds is 1. The van der Waals surface area contributed by atoms with Crippen LogP contribution < -0.4 is 0 Å². The topological polar surface area (TPSA) is 49.0 Å². The lowest BCUT2D eigenvalue weighted by molar-refractivity contribution is 0.0737. The van der Waals surface area contributed by atoms with Gasteiger partial charge in [0.25, 0.3) is 5.91 Å². The molecule has 1 amide bonds. The molecule has 2 aromatic rings. The van der Waals surface area contributed by atoms with E-state index in [1.165, 1.54) is 29.7 Å². The van der Waals surface area contributed by atoms with Crippen LogP contribution in [0.2, 0.25) is 0 Å². The number of fused-ring (bicyclic) bond motifs is 2. The lowest BCUT2D eigenvalue weighted by Gasteiger charge is -2.25. The molecule has 0 atom stereocenters. The Kier molecular flexibility index (Phi) is 3.53. The van der Waals surface area contributed by atoms with E-state index in [-0.39, 0.29) is 5.91 Å². The number of hydrogen-bond donors (Lipinski definition) is 1. The zero-order valence-corrected chi connectivity index (χ0v) is 13.8. The highest BCUT2D eigenvalue weighted by Gasteiger charge is 2.26. The number of aromatic nitrogens is 2. The molecule has 4 nitrogen and oxygen atoms in total. The van der Waals surface area contributed by atoms with E-state index in [2.05, 4.69) is 16.0 Å². The Morgan fingerprint density at radius 3 is 3.05 bits per heavy atom. The average molecular weight is 315 g/mol. The van der Waals surface area contributed by atoms with Crippen LogP contribution in [0.15, 0.2) is 6.07 Å². The maximum Gasteiger partial charge on any atom is 0.264 e. The normalized spacial score (nSPS) is 17.8. The van der Waals surface area contributed by atoms with Gasteiger partial charge in [-0.2, -0.15) is 0 Å². The second kappa shape index (κ2) is 5.54. The summed E-state index contributed by atoms with van der Waals surface area (Å²) in [5.41, 5.74) is 3.65. The van der Waals surface area contributed by atoms with Crippen molar-refractivity contribution in [2.24, 2.45) is 0 Å². The molecular weight excluding hydrogens is 294 g/mol. The van der Waals surface area contributed by atoms with Gasteiger partial charge < -0.3 is 9.88 Å². The predicted molar refractivity (Wildman–Crippen MR) is 87.3 cm³/mol. The average Bonchev–Trinajstić information content (AvgIpc) is 3.01. The molecule has 0 spiro atoms. The number of H-pyrrole nitrogens is 1. The molecule has 0 bridgehead atoms. The van der Waals surface area contributed by atoms with Crippen LogP contribution in [-0.4, -0.2) is 27.3 Å². The van der Waals surface area contributed by atoms with Gasteiger partial charge in [-0.3, -0.25) is 4.79 Å². The molecule has 2 aromatic heterocycles. The number of aromatic amines is 1. The first-order valence-corrected chi connectivity index (χ1v) is 8.97. The van der Waals surface area contributed by atoms with Crippen LogP contribution >= 0.6 is 11.3 Å². The molecule has 5 heteroatoms. The molecule has 116 valence electrons. The number of nitrogens with one attached hydrogen (secondary N) is 1. The highest BCUT2D eigenvalue weighted by atomic mass is 32.1. The largest absolute Gasteiger partial charge is 0.344 e. The van der Waals surface area contributed by atoms with E-state index >= 15 is 0 Å². The van der Waals surface area contributed by atoms with E-state index in [4.69, 9.17) is 0 Å². The summed E-state index contributed by atoms with van der Waals surface area (Å²) in [6.07, 6.45) is 6.99. The van der Waals surface area contributed by atoms with Gasteiger partial charge in [0.1, 0.15) is 5.82 Å². The number of thiophene rings is 1. The van der Waals surface area contributed by atoms with Gasteiger partial charge in [-0.25, -0.2) is 4.98 Å². The fourth-order valence-electron chi connectivity index (χ4n) is 3.54. The van der Waals surface area contributed by atoms with Crippen LogP contribution in [0.25, 0.3) is 0 Å². The molecular formula is C17H21N3OS. The van der Waals surface area contributed by atoms with Gasteiger partial charge in [0.15, 0.2) is 0 Å². The highest BCUT2D eigenvalue weighted by Crippen LogP contribution is 2.30. The number of carbonyl (C=O) groups excluding carboxylic acids is 1. The first-order chi connectivity index (χ1) is 10.7. The molecule has 0 aromatic carbocycles. The Morgan fingerprint density at radius 1 is 1.27 bits per heavy atom. The van der Waals surface area contributed by atoms with Gasteiger partial charge >= 0.3 is 0 Å². The fourth-order valence-corrected chi connectivity index (χ4v) is 4.76. The van der Waals surface area contributed by atoms with Crippen molar-refractivity contribution in [3.05, 3.63) is 38.6 Å². The number of hydrogen-bond acceptors (Lipinski definition) is 3. The summed E-state index contributed by atoms with van der Waals surface area (Å²) in [5, 5.41) is 0. The minimum atomic E-state index is 0.191. The van der Waals surface area contributed by atoms with E-state index in [0.717, 1.165) is 47.9 Å². The molecule has 1 aliphatic heterocycles. The smallest absolute Gasteiger partial charge is 0.264 e. The van der Waals surface area contributed by atoms with Gasteiger partial charge in [-0.15, -0.1) is 11.3 Å². The number of nitrogens with zero attached hydrogens (tertiary/aromatic N) is 2. The molecule has 3 heterocycles. The van der Waals surface area contributed by atoms with Gasteiger partial charge in [0.2, 0.25) is 0 Å². The third-order valence-corrected chi connectivity index (χ3v) is 5.92. The summed E-state index contributed by atoms with van der Waals surface area (Å²) in [6, 6.07) is 2.15. The number of carbonyl (C=O) groups is 1. The maximum atomic E-state index is 12.8. The Balaban J connectivity index is 1.55. The molecule has 1 aliphatic carbocycles. The molecule has 22 heavy (non-hydrogen) atoms. The number of imidazole rings is 1. The Morgan fingerprint density at radius 2 is 2.14 bits per heavy atom. The zero-order valence-electron chi connectivity index (χ0n) is 12.9. The minimum absolute atomic E-state index is 0.191. The van der Waals surface area contributed by atoms with Crippen molar-refractivity contribution < 1.29 is 4.79 Å². The van der Waals surface area contributed by atoms with E-state index in [9.17, 15) is 4.79 Å². The van der Waals surface area contributed by atoms with Gasteiger partial charge in [0.05, 0.1) is 22.8 Å². The monoisotopic (exact) mass is 315 g/mol. The van der Waals surface area contributed by atoms with Crippen molar-refractivity contribution in [2.75, 3.05) is 6.54 Å². The number of aryl methyl sites for hydroxylation is 3. The third kappa shape index (κ3) is 2.47. The Labute approximate surface area is 134 Å². The van der Waals surface area contributed by atoms with Gasteiger partial charge in [0, 0.05) is 17.8 Å². The lowest BCUT2D eigenvalue weighted by atomic mass is 10.1. The van der Waals surface area contributed by atoms with Crippen LogP contribution in [0.3, 0.4) is 0 Å². The van der Waals surface area contributed by atoms with Crippen LogP contribution in [0.1, 0.15) is 56.6 Å². The summed E-state index contributed by atoms with van der Waals surface area (Å²) < 4.78 is 0. The van der Waals surface area contributed by atoms with Crippen LogP contribution in [0, 0.1) is 6.92 Å². The summed E-state index contributed by atoms with van der Waals surface area (Å²) in [7, 11) is 0.